The molecule has 1 aromatic heterocycles. The van der Waals surface area contributed by atoms with Gasteiger partial charge in [0.1, 0.15) is 5.25 Å². The monoisotopic (exact) mass is 404 g/mol. The van der Waals surface area contributed by atoms with Gasteiger partial charge in [-0.05, 0) is 12.1 Å². The normalized spacial score (nSPS) is 18.0. The molecule has 0 saturated carbocycles. The summed E-state index contributed by atoms with van der Waals surface area (Å²) in [5.41, 5.74) is 0.594. The Kier molecular flexibility index (Phi) is 5.87. The van der Waals surface area contributed by atoms with Crippen LogP contribution in [0.4, 0.5) is 10.8 Å². The zero-order valence-corrected chi connectivity index (χ0v) is 16.2. The highest BCUT2D eigenvalue weighted by Gasteiger charge is 2.37. The molecular formula is C17H16N4O4S2. The lowest BCUT2D eigenvalue weighted by atomic mass is 10.1. The molecule has 0 spiro atoms. The number of methoxy groups -OCH3 is 1. The number of carbonyl (C=O) groups excluding carboxylic acids is 3. The van der Waals surface area contributed by atoms with E-state index >= 15 is 0 Å². The SMILES string of the molecule is COC(=O)c1ccccc1NC(=O)CC1SC(=Nc2nccs2)N(C)C1=O. The van der Waals surface area contributed by atoms with Crippen LogP contribution in [0.15, 0.2) is 40.8 Å². The van der Waals surface area contributed by atoms with Crippen molar-refractivity contribution in [2.24, 2.45) is 4.99 Å². The summed E-state index contributed by atoms with van der Waals surface area (Å²) < 4.78 is 4.71. The number of esters is 1. The minimum atomic E-state index is -0.584. The van der Waals surface area contributed by atoms with Crippen LogP contribution in [0, 0.1) is 0 Å². The minimum Gasteiger partial charge on any atom is -0.465 e. The second-order valence-electron chi connectivity index (χ2n) is 5.50. The Balaban J connectivity index is 1.68. The number of para-hydroxylation sites is 1. The molecule has 0 aliphatic carbocycles. The van der Waals surface area contributed by atoms with E-state index in [0.29, 0.717) is 16.0 Å². The highest BCUT2D eigenvalue weighted by atomic mass is 32.2. The highest BCUT2D eigenvalue weighted by Crippen LogP contribution is 2.31. The molecule has 0 bridgehead atoms. The smallest absolute Gasteiger partial charge is 0.339 e. The van der Waals surface area contributed by atoms with Crippen LogP contribution in [0.3, 0.4) is 0 Å². The van der Waals surface area contributed by atoms with Gasteiger partial charge in [-0.25, -0.2) is 9.78 Å². The van der Waals surface area contributed by atoms with Crippen LogP contribution >= 0.6 is 23.1 Å². The number of nitrogens with one attached hydrogen (secondary N) is 1. The first-order valence-corrected chi connectivity index (χ1v) is 9.65. The first kappa shape index (κ1) is 19.1. The minimum absolute atomic E-state index is 0.0414. The second kappa shape index (κ2) is 8.31. The lowest BCUT2D eigenvalue weighted by Gasteiger charge is -2.11. The maximum absolute atomic E-state index is 12.4. The Morgan fingerprint density at radius 3 is 2.85 bits per heavy atom. The number of rotatable bonds is 5. The van der Waals surface area contributed by atoms with E-state index in [4.69, 9.17) is 4.74 Å². The van der Waals surface area contributed by atoms with Crippen LogP contribution in [0.5, 0.6) is 0 Å². The summed E-state index contributed by atoms with van der Waals surface area (Å²) in [4.78, 5) is 46.4. The maximum Gasteiger partial charge on any atom is 0.339 e. The van der Waals surface area contributed by atoms with E-state index in [1.54, 1.807) is 42.9 Å². The molecule has 0 radical (unpaired) electrons. The molecule has 1 unspecified atom stereocenters. The zero-order valence-electron chi connectivity index (χ0n) is 14.5. The lowest BCUT2D eigenvalue weighted by Crippen LogP contribution is -2.30. The van der Waals surface area contributed by atoms with Gasteiger partial charge in [0.15, 0.2) is 5.17 Å². The van der Waals surface area contributed by atoms with Gasteiger partial charge in [-0.1, -0.05) is 23.9 Å². The fourth-order valence-corrected chi connectivity index (χ4v) is 4.10. The van der Waals surface area contributed by atoms with E-state index in [0.717, 1.165) is 0 Å². The zero-order chi connectivity index (χ0) is 19.4. The average Bonchev–Trinajstić information content (AvgIpc) is 3.26. The summed E-state index contributed by atoms with van der Waals surface area (Å²) in [6, 6.07) is 6.54. The van der Waals surface area contributed by atoms with Crippen LogP contribution in [-0.4, -0.2) is 52.2 Å². The number of amides is 2. The largest absolute Gasteiger partial charge is 0.465 e. The first-order valence-electron chi connectivity index (χ1n) is 7.89. The molecule has 27 heavy (non-hydrogen) atoms. The Bertz CT molecular complexity index is 898. The molecule has 2 heterocycles. The number of hydrogen-bond donors (Lipinski definition) is 1. The van der Waals surface area contributed by atoms with Crippen molar-refractivity contribution in [1.29, 1.82) is 0 Å². The van der Waals surface area contributed by atoms with E-state index in [2.05, 4.69) is 15.3 Å². The summed E-state index contributed by atoms with van der Waals surface area (Å²) in [5.74, 6) is -1.12. The molecule has 10 heteroatoms. The quantitative estimate of drug-likeness (QED) is 0.769. The maximum atomic E-state index is 12.4. The molecular weight excluding hydrogens is 388 g/mol. The predicted octanol–water partition coefficient (Wildman–Crippen LogP) is 2.52. The van der Waals surface area contributed by atoms with E-state index in [9.17, 15) is 14.4 Å². The summed E-state index contributed by atoms with van der Waals surface area (Å²) in [6.45, 7) is 0. The predicted molar refractivity (Wildman–Crippen MR) is 104 cm³/mol. The van der Waals surface area contributed by atoms with Crippen LogP contribution in [0.2, 0.25) is 0 Å². The van der Waals surface area contributed by atoms with Crippen LogP contribution in [-0.2, 0) is 14.3 Å². The first-order chi connectivity index (χ1) is 13.0. The third-order valence-electron chi connectivity index (χ3n) is 3.73. The van der Waals surface area contributed by atoms with Crippen molar-refractivity contribution in [3.8, 4) is 0 Å². The van der Waals surface area contributed by atoms with Gasteiger partial charge in [0.05, 0.1) is 18.4 Å². The molecule has 140 valence electrons. The van der Waals surface area contributed by atoms with Gasteiger partial charge in [-0.3, -0.25) is 14.5 Å². The number of hydrogen-bond acceptors (Lipinski definition) is 8. The number of thioether (sulfide) groups is 1. The summed E-state index contributed by atoms with van der Waals surface area (Å²) >= 11 is 2.58. The molecule has 1 aliphatic rings. The Hall–Kier alpha value is -2.72. The van der Waals surface area contributed by atoms with Gasteiger partial charge in [0.2, 0.25) is 16.9 Å². The fourth-order valence-electron chi connectivity index (χ4n) is 2.40. The van der Waals surface area contributed by atoms with Gasteiger partial charge >= 0.3 is 5.97 Å². The van der Waals surface area contributed by atoms with Crippen LogP contribution in [0.1, 0.15) is 16.8 Å². The van der Waals surface area contributed by atoms with Crippen LogP contribution < -0.4 is 5.32 Å². The number of nitrogens with zero attached hydrogens (tertiary/aromatic N) is 3. The van der Waals surface area contributed by atoms with Gasteiger partial charge in [0.25, 0.3) is 0 Å². The summed E-state index contributed by atoms with van der Waals surface area (Å²) in [5, 5.41) is 4.94. The number of carbonyl (C=O) groups is 3. The van der Waals surface area contributed by atoms with Crippen molar-refractivity contribution >= 4 is 56.9 Å². The van der Waals surface area contributed by atoms with Crippen LogP contribution in [0.25, 0.3) is 0 Å². The molecule has 2 aromatic rings. The molecule has 1 aliphatic heterocycles. The van der Waals surface area contributed by atoms with Crippen molar-refractivity contribution in [2.75, 3.05) is 19.5 Å². The van der Waals surface area contributed by atoms with Gasteiger partial charge < -0.3 is 10.1 Å². The van der Waals surface area contributed by atoms with Crippen molar-refractivity contribution < 1.29 is 19.1 Å². The molecule has 3 rings (SSSR count). The molecule has 1 N–H and O–H groups in total. The number of aromatic nitrogens is 1. The molecule has 1 aromatic carbocycles. The van der Waals surface area contributed by atoms with Gasteiger partial charge in [-0.15, -0.1) is 11.3 Å². The summed E-state index contributed by atoms with van der Waals surface area (Å²) in [6.07, 6.45) is 1.59. The van der Waals surface area contributed by atoms with Gasteiger partial charge in [0, 0.05) is 25.0 Å². The number of amidine groups is 1. The number of ether oxygens (including phenoxy) is 1. The van der Waals surface area contributed by atoms with Gasteiger partial charge in [-0.2, -0.15) is 4.99 Å². The topological polar surface area (TPSA) is 101 Å². The average molecular weight is 404 g/mol. The lowest BCUT2D eigenvalue weighted by molar-refractivity contribution is -0.127. The van der Waals surface area contributed by atoms with E-state index < -0.39 is 11.2 Å². The Morgan fingerprint density at radius 1 is 1.37 bits per heavy atom. The standard InChI is InChI=1S/C17H16N4O4S2/c1-21-14(23)12(27-17(21)20-16-18-7-8-26-16)9-13(22)19-11-6-4-3-5-10(11)15(24)25-2/h3-8,12H,9H2,1-2H3,(H,19,22). The number of anilines is 1. The van der Waals surface area contributed by atoms with Crippen molar-refractivity contribution in [3.63, 3.8) is 0 Å². The van der Waals surface area contributed by atoms with Crippen molar-refractivity contribution in [2.45, 2.75) is 11.7 Å². The third kappa shape index (κ3) is 4.34. The Labute approximate surface area is 163 Å². The van der Waals surface area contributed by atoms with Crippen molar-refractivity contribution in [3.05, 3.63) is 41.4 Å². The van der Waals surface area contributed by atoms with Crippen molar-refractivity contribution in [1.82, 2.24) is 9.88 Å². The molecule has 2 amide bonds. The molecule has 1 atom stereocenters. The third-order valence-corrected chi connectivity index (χ3v) is 5.62. The Morgan fingerprint density at radius 2 is 2.15 bits per heavy atom. The summed E-state index contributed by atoms with van der Waals surface area (Å²) in [7, 11) is 2.89. The fraction of sp³-hybridized carbons (Fsp3) is 0.235. The van der Waals surface area contributed by atoms with E-state index in [-0.39, 0.29) is 23.8 Å². The number of thiazole rings is 1. The van der Waals surface area contributed by atoms with E-state index in [1.165, 1.54) is 35.1 Å². The molecule has 1 saturated heterocycles. The molecule has 8 nitrogen and oxygen atoms in total. The highest BCUT2D eigenvalue weighted by molar-refractivity contribution is 8.15. The van der Waals surface area contributed by atoms with E-state index in [1.807, 2.05) is 0 Å². The second-order valence-corrected chi connectivity index (χ2v) is 7.55. The number of benzene rings is 1. The molecule has 1 fully saturated rings. The number of aliphatic imine (C=N–C) groups is 1.